The molecule has 1 atom stereocenters. The van der Waals surface area contributed by atoms with Crippen molar-refractivity contribution in [1.82, 2.24) is 0 Å². The molecule has 0 aliphatic carbocycles. The molecule has 5 nitrogen and oxygen atoms in total. The maximum atomic E-state index is 13.6. The van der Waals surface area contributed by atoms with Crippen LogP contribution >= 0.6 is 11.8 Å². The Morgan fingerprint density at radius 3 is 2.59 bits per heavy atom. The standard InChI is InChI=1S/C15H13FN2O3S/c1-10(22-12-5-3-2-4-6-12)15(19)17-14-9-11(18(20)21)7-8-13(14)16/h2-10H,1H3,(H,17,19). The van der Waals surface area contributed by atoms with Crippen LogP contribution in [-0.4, -0.2) is 16.1 Å². The molecule has 0 aromatic heterocycles. The number of carbonyl (C=O) groups is 1. The Bertz CT molecular complexity index is 694. The van der Waals surface area contributed by atoms with Gasteiger partial charge in [-0.05, 0) is 25.1 Å². The highest BCUT2D eigenvalue weighted by molar-refractivity contribution is 8.00. The minimum Gasteiger partial charge on any atom is -0.322 e. The second-order valence-corrected chi connectivity index (χ2v) is 5.90. The van der Waals surface area contributed by atoms with Crippen LogP contribution in [-0.2, 0) is 4.79 Å². The van der Waals surface area contributed by atoms with Crippen molar-refractivity contribution >= 4 is 29.0 Å². The molecule has 0 saturated carbocycles. The van der Waals surface area contributed by atoms with E-state index in [1.807, 2.05) is 30.3 Å². The first-order valence-corrected chi connectivity index (χ1v) is 7.32. The van der Waals surface area contributed by atoms with Gasteiger partial charge in [-0.2, -0.15) is 0 Å². The molecule has 114 valence electrons. The van der Waals surface area contributed by atoms with Gasteiger partial charge >= 0.3 is 0 Å². The van der Waals surface area contributed by atoms with E-state index in [1.165, 1.54) is 11.8 Å². The van der Waals surface area contributed by atoms with Crippen molar-refractivity contribution < 1.29 is 14.1 Å². The third kappa shape index (κ3) is 4.05. The van der Waals surface area contributed by atoms with Crippen LogP contribution in [0.5, 0.6) is 0 Å². The van der Waals surface area contributed by atoms with Crippen molar-refractivity contribution in [2.75, 3.05) is 5.32 Å². The Morgan fingerprint density at radius 2 is 1.95 bits per heavy atom. The normalized spacial score (nSPS) is 11.7. The minimum absolute atomic E-state index is 0.195. The average molecular weight is 320 g/mol. The molecule has 1 unspecified atom stereocenters. The van der Waals surface area contributed by atoms with E-state index in [0.717, 1.165) is 23.1 Å². The van der Waals surface area contributed by atoms with E-state index in [4.69, 9.17) is 0 Å². The van der Waals surface area contributed by atoms with Gasteiger partial charge in [-0.15, -0.1) is 11.8 Å². The maximum absolute atomic E-state index is 13.6. The molecule has 1 N–H and O–H groups in total. The lowest BCUT2D eigenvalue weighted by atomic mass is 10.2. The van der Waals surface area contributed by atoms with Crippen molar-refractivity contribution in [2.45, 2.75) is 17.1 Å². The van der Waals surface area contributed by atoms with E-state index in [2.05, 4.69) is 5.32 Å². The first-order chi connectivity index (χ1) is 10.5. The number of thioether (sulfide) groups is 1. The zero-order chi connectivity index (χ0) is 16.1. The summed E-state index contributed by atoms with van der Waals surface area (Å²) in [6.45, 7) is 1.68. The summed E-state index contributed by atoms with van der Waals surface area (Å²) in [6.07, 6.45) is 0. The van der Waals surface area contributed by atoms with Crippen molar-refractivity contribution in [3.8, 4) is 0 Å². The number of carbonyl (C=O) groups excluding carboxylic acids is 1. The number of anilines is 1. The minimum atomic E-state index is -0.712. The summed E-state index contributed by atoms with van der Waals surface area (Å²) in [6, 6.07) is 12.3. The molecule has 0 saturated heterocycles. The smallest absolute Gasteiger partial charge is 0.271 e. The van der Waals surface area contributed by atoms with Gasteiger partial charge < -0.3 is 5.32 Å². The number of nitrogens with zero attached hydrogens (tertiary/aromatic N) is 1. The number of nitro benzene ring substituents is 1. The second kappa shape index (κ2) is 7.04. The molecular weight excluding hydrogens is 307 g/mol. The van der Waals surface area contributed by atoms with Crippen molar-refractivity contribution in [1.29, 1.82) is 0 Å². The summed E-state index contributed by atoms with van der Waals surface area (Å²) in [5.74, 6) is -1.14. The summed E-state index contributed by atoms with van der Waals surface area (Å²) in [7, 11) is 0. The SMILES string of the molecule is CC(Sc1ccccc1)C(=O)Nc1cc([N+](=O)[O-])ccc1F. The Morgan fingerprint density at radius 1 is 1.27 bits per heavy atom. The highest BCUT2D eigenvalue weighted by atomic mass is 32.2. The first-order valence-electron chi connectivity index (χ1n) is 6.44. The number of non-ortho nitro benzene ring substituents is 1. The number of hydrogen-bond donors (Lipinski definition) is 1. The number of nitro groups is 1. The first kappa shape index (κ1) is 16.0. The molecule has 0 spiro atoms. The van der Waals surface area contributed by atoms with Crippen LogP contribution in [0.2, 0.25) is 0 Å². The quantitative estimate of drug-likeness (QED) is 0.516. The molecule has 0 aliphatic heterocycles. The lowest BCUT2D eigenvalue weighted by Crippen LogP contribution is -2.23. The zero-order valence-corrected chi connectivity index (χ0v) is 12.5. The second-order valence-electron chi connectivity index (χ2n) is 4.48. The Hall–Kier alpha value is -2.41. The maximum Gasteiger partial charge on any atom is 0.271 e. The van der Waals surface area contributed by atoms with Crippen LogP contribution in [0.1, 0.15) is 6.92 Å². The highest BCUT2D eigenvalue weighted by Gasteiger charge is 2.18. The van der Waals surface area contributed by atoms with Gasteiger partial charge in [0.2, 0.25) is 5.91 Å². The van der Waals surface area contributed by atoms with Gasteiger partial charge in [-0.25, -0.2) is 4.39 Å². The van der Waals surface area contributed by atoms with Crippen LogP contribution in [0, 0.1) is 15.9 Å². The van der Waals surface area contributed by atoms with E-state index in [1.54, 1.807) is 6.92 Å². The van der Waals surface area contributed by atoms with Gasteiger partial charge in [0.15, 0.2) is 0 Å². The summed E-state index contributed by atoms with van der Waals surface area (Å²) >= 11 is 1.32. The van der Waals surface area contributed by atoms with Crippen LogP contribution in [0.4, 0.5) is 15.8 Å². The van der Waals surface area contributed by atoms with Gasteiger partial charge in [0.05, 0.1) is 15.9 Å². The van der Waals surface area contributed by atoms with Crippen LogP contribution in [0.25, 0.3) is 0 Å². The topological polar surface area (TPSA) is 72.2 Å². The van der Waals surface area contributed by atoms with E-state index >= 15 is 0 Å². The van der Waals surface area contributed by atoms with Crippen LogP contribution < -0.4 is 5.32 Å². The molecule has 2 aromatic carbocycles. The Labute approximate surface area is 130 Å². The molecule has 2 rings (SSSR count). The van der Waals surface area contributed by atoms with E-state index < -0.39 is 21.9 Å². The fourth-order valence-electron chi connectivity index (χ4n) is 1.71. The molecule has 22 heavy (non-hydrogen) atoms. The molecule has 1 amide bonds. The number of benzene rings is 2. The lowest BCUT2D eigenvalue weighted by Gasteiger charge is -2.12. The van der Waals surface area contributed by atoms with Crippen LogP contribution in [0.3, 0.4) is 0 Å². The summed E-state index contributed by atoms with van der Waals surface area (Å²) in [5, 5.41) is 12.6. The van der Waals surface area contributed by atoms with Gasteiger partial charge in [-0.1, -0.05) is 18.2 Å². The molecule has 7 heteroatoms. The van der Waals surface area contributed by atoms with E-state index in [0.29, 0.717) is 0 Å². The van der Waals surface area contributed by atoms with Gasteiger partial charge in [0, 0.05) is 17.0 Å². The summed E-state index contributed by atoms with van der Waals surface area (Å²) in [5.41, 5.74) is -0.472. The average Bonchev–Trinajstić information content (AvgIpc) is 2.50. The van der Waals surface area contributed by atoms with Gasteiger partial charge in [-0.3, -0.25) is 14.9 Å². The van der Waals surface area contributed by atoms with Gasteiger partial charge in [0.25, 0.3) is 5.69 Å². The zero-order valence-electron chi connectivity index (χ0n) is 11.7. The van der Waals surface area contributed by atoms with Gasteiger partial charge in [0.1, 0.15) is 5.82 Å². The van der Waals surface area contributed by atoms with Crippen molar-refractivity contribution in [2.24, 2.45) is 0 Å². The number of rotatable bonds is 5. The van der Waals surface area contributed by atoms with Crippen molar-refractivity contribution in [3.63, 3.8) is 0 Å². The predicted molar refractivity (Wildman–Crippen MR) is 83.4 cm³/mol. The molecular formula is C15H13FN2O3S. The molecule has 2 aromatic rings. The largest absolute Gasteiger partial charge is 0.322 e. The number of amides is 1. The van der Waals surface area contributed by atoms with Crippen molar-refractivity contribution in [3.05, 3.63) is 64.5 Å². The third-order valence-electron chi connectivity index (χ3n) is 2.84. The Kier molecular flexibility index (Phi) is 5.11. The monoisotopic (exact) mass is 320 g/mol. The summed E-state index contributed by atoms with van der Waals surface area (Å²) in [4.78, 5) is 23.0. The van der Waals surface area contributed by atoms with E-state index in [-0.39, 0.29) is 11.4 Å². The number of hydrogen-bond acceptors (Lipinski definition) is 4. The lowest BCUT2D eigenvalue weighted by molar-refractivity contribution is -0.384. The number of halogens is 1. The van der Waals surface area contributed by atoms with E-state index in [9.17, 15) is 19.3 Å². The number of nitrogens with one attached hydrogen (secondary N) is 1. The molecule has 0 bridgehead atoms. The molecule has 0 heterocycles. The Balaban J connectivity index is 2.08. The third-order valence-corrected chi connectivity index (χ3v) is 3.96. The molecule has 0 aliphatic rings. The fourth-order valence-corrected chi connectivity index (χ4v) is 2.60. The molecule has 0 fully saturated rings. The molecule has 0 radical (unpaired) electrons. The van der Waals surface area contributed by atoms with Crippen LogP contribution in [0.15, 0.2) is 53.4 Å². The predicted octanol–water partition coefficient (Wildman–Crippen LogP) is 3.85. The highest BCUT2D eigenvalue weighted by Crippen LogP contribution is 2.25. The summed E-state index contributed by atoms with van der Waals surface area (Å²) < 4.78 is 13.6. The fraction of sp³-hybridized carbons (Fsp3) is 0.133.